The van der Waals surface area contributed by atoms with Gasteiger partial charge < -0.3 is 10.5 Å². The van der Waals surface area contributed by atoms with Gasteiger partial charge in [-0.15, -0.1) is 10.2 Å². The number of hydrogen-bond donors (Lipinski definition) is 2. The predicted octanol–water partition coefficient (Wildman–Crippen LogP) is 0.891. The highest BCUT2D eigenvalue weighted by Crippen LogP contribution is 2.18. The Bertz CT molecular complexity index is 597. The van der Waals surface area contributed by atoms with Crippen molar-refractivity contribution in [3.63, 3.8) is 0 Å². The fraction of sp³-hybridized carbons (Fsp3) is 0.250. The average Bonchev–Trinajstić information content (AvgIpc) is 2.45. The number of nitrogens with one attached hydrogen (secondary N) is 1. The third kappa shape index (κ3) is 3.33. The number of nitrogens with zero attached hydrogens (tertiary/aromatic N) is 2. The third-order valence-electron chi connectivity index (χ3n) is 2.40. The van der Waals surface area contributed by atoms with Crippen molar-refractivity contribution in [1.82, 2.24) is 15.2 Å². The van der Waals surface area contributed by atoms with Gasteiger partial charge >= 0.3 is 0 Å². The predicted molar refractivity (Wildman–Crippen MR) is 74.4 cm³/mol. The molecule has 0 saturated heterocycles. The number of nitrogens with two attached hydrogens (primary N) is 1. The number of ether oxygens (including phenoxy) is 1. The molecule has 1 heterocycles. The maximum absolute atomic E-state index is 11.9. The largest absolute Gasteiger partial charge is 0.497 e. The van der Waals surface area contributed by atoms with Crippen LogP contribution in [0.2, 0.25) is 0 Å². The van der Waals surface area contributed by atoms with Crippen LogP contribution >= 0.6 is 11.8 Å². The topological polar surface area (TPSA) is 93.9 Å². The van der Waals surface area contributed by atoms with E-state index in [0.717, 1.165) is 5.75 Å². The van der Waals surface area contributed by atoms with Crippen LogP contribution in [0.15, 0.2) is 34.2 Å². The van der Waals surface area contributed by atoms with E-state index in [2.05, 4.69) is 15.2 Å². The molecule has 0 atom stereocenters. The van der Waals surface area contributed by atoms with E-state index in [1.54, 1.807) is 31.4 Å². The average molecular weight is 278 g/mol. The molecule has 0 radical (unpaired) electrons. The van der Waals surface area contributed by atoms with Crippen molar-refractivity contribution < 1.29 is 4.74 Å². The molecular weight excluding hydrogens is 264 g/mol. The van der Waals surface area contributed by atoms with E-state index in [1.807, 2.05) is 0 Å². The van der Waals surface area contributed by atoms with Crippen LogP contribution in [0, 0.1) is 0 Å². The molecule has 0 aliphatic heterocycles. The molecule has 0 fully saturated rings. The van der Waals surface area contributed by atoms with Gasteiger partial charge in [0.1, 0.15) is 5.75 Å². The minimum Gasteiger partial charge on any atom is -0.497 e. The van der Waals surface area contributed by atoms with E-state index in [9.17, 15) is 4.79 Å². The van der Waals surface area contributed by atoms with Crippen LogP contribution in [0.5, 0.6) is 5.75 Å². The highest BCUT2D eigenvalue weighted by Gasteiger charge is 2.07. The van der Waals surface area contributed by atoms with E-state index >= 15 is 0 Å². The molecule has 0 saturated carbocycles. The Hall–Kier alpha value is -1.86. The van der Waals surface area contributed by atoms with Gasteiger partial charge in [-0.1, -0.05) is 11.8 Å². The number of rotatable bonds is 5. The number of H-pyrrole nitrogens is 1. The molecule has 0 bridgehead atoms. The molecule has 0 spiro atoms. The van der Waals surface area contributed by atoms with Crippen LogP contribution in [0.3, 0.4) is 0 Å². The Morgan fingerprint density at radius 1 is 1.32 bits per heavy atom. The number of aromatic amines is 1. The summed E-state index contributed by atoms with van der Waals surface area (Å²) in [6.45, 7) is 0.522. The van der Waals surface area contributed by atoms with Crippen LogP contribution < -0.4 is 16.0 Å². The molecule has 0 amide bonds. The van der Waals surface area contributed by atoms with E-state index in [4.69, 9.17) is 10.5 Å². The van der Waals surface area contributed by atoms with Gasteiger partial charge in [-0.25, -0.2) is 0 Å². The molecule has 0 aliphatic carbocycles. The second kappa shape index (κ2) is 6.35. The standard InChI is InChI=1S/C12H14N4O2S/c1-18-9-4-2-8(3-5-9)10-11(17)14-12(16-15-10)19-7-6-13/h2-5H,6-7,13H2,1H3,(H,14,16,17). The fourth-order valence-corrected chi connectivity index (χ4v) is 2.06. The molecule has 3 N–H and O–H groups in total. The Balaban J connectivity index is 2.27. The lowest BCUT2D eigenvalue weighted by Crippen LogP contribution is -2.14. The van der Waals surface area contributed by atoms with Crippen LogP contribution in [0.4, 0.5) is 0 Å². The summed E-state index contributed by atoms with van der Waals surface area (Å²) >= 11 is 1.37. The zero-order valence-electron chi connectivity index (χ0n) is 10.4. The van der Waals surface area contributed by atoms with Gasteiger partial charge in [0.25, 0.3) is 5.56 Å². The molecule has 7 heteroatoms. The maximum Gasteiger partial charge on any atom is 0.278 e. The maximum atomic E-state index is 11.9. The van der Waals surface area contributed by atoms with Crippen molar-refractivity contribution >= 4 is 11.8 Å². The van der Waals surface area contributed by atoms with Gasteiger partial charge in [-0.3, -0.25) is 9.78 Å². The van der Waals surface area contributed by atoms with E-state index in [1.165, 1.54) is 11.8 Å². The molecule has 2 aromatic rings. The lowest BCUT2D eigenvalue weighted by molar-refractivity contribution is 0.415. The van der Waals surface area contributed by atoms with Gasteiger partial charge in [-0.2, -0.15) is 0 Å². The van der Waals surface area contributed by atoms with Crippen LogP contribution in [-0.4, -0.2) is 34.6 Å². The third-order valence-corrected chi connectivity index (χ3v) is 3.29. The summed E-state index contributed by atoms with van der Waals surface area (Å²) in [4.78, 5) is 14.6. The number of methoxy groups -OCH3 is 1. The fourth-order valence-electron chi connectivity index (χ4n) is 1.48. The van der Waals surface area contributed by atoms with Crippen molar-refractivity contribution in [1.29, 1.82) is 0 Å². The summed E-state index contributed by atoms with van der Waals surface area (Å²) in [5.41, 5.74) is 6.12. The quantitative estimate of drug-likeness (QED) is 0.789. The van der Waals surface area contributed by atoms with Crippen molar-refractivity contribution in [3.8, 4) is 17.0 Å². The van der Waals surface area contributed by atoms with Gasteiger partial charge in [0.05, 0.1) is 7.11 Å². The van der Waals surface area contributed by atoms with Crippen molar-refractivity contribution in [2.24, 2.45) is 5.73 Å². The number of hydrogen-bond acceptors (Lipinski definition) is 6. The molecular formula is C12H14N4O2S. The van der Waals surface area contributed by atoms with Crippen molar-refractivity contribution in [3.05, 3.63) is 34.6 Å². The molecule has 2 rings (SSSR count). The van der Waals surface area contributed by atoms with E-state index in [0.29, 0.717) is 28.7 Å². The Morgan fingerprint density at radius 2 is 2.05 bits per heavy atom. The molecule has 19 heavy (non-hydrogen) atoms. The van der Waals surface area contributed by atoms with Gasteiger partial charge in [-0.05, 0) is 24.3 Å². The lowest BCUT2D eigenvalue weighted by Gasteiger charge is -2.03. The molecule has 6 nitrogen and oxygen atoms in total. The first-order valence-electron chi connectivity index (χ1n) is 5.69. The molecule has 0 aliphatic rings. The van der Waals surface area contributed by atoms with Gasteiger partial charge in [0.2, 0.25) is 0 Å². The molecule has 0 unspecified atom stereocenters. The summed E-state index contributed by atoms with van der Waals surface area (Å²) in [5, 5.41) is 8.41. The molecule has 1 aromatic heterocycles. The summed E-state index contributed by atoms with van der Waals surface area (Å²) in [6, 6.07) is 7.08. The Kier molecular flexibility index (Phi) is 4.53. The monoisotopic (exact) mass is 278 g/mol. The number of benzene rings is 1. The van der Waals surface area contributed by atoms with Crippen molar-refractivity contribution in [2.45, 2.75) is 5.16 Å². The number of thioether (sulfide) groups is 1. The van der Waals surface area contributed by atoms with Gasteiger partial charge in [0, 0.05) is 17.9 Å². The second-order valence-corrected chi connectivity index (χ2v) is 4.76. The zero-order valence-corrected chi connectivity index (χ0v) is 11.2. The summed E-state index contributed by atoms with van der Waals surface area (Å²) < 4.78 is 5.06. The molecule has 1 aromatic carbocycles. The van der Waals surface area contributed by atoms with Crippen LogP contribution in [0.25, 0.3) is 11.3 Å². The van der Waals surface area contributed by atoms with Crippen molar-refractivity contribution in [2.75, 3.05) is 19.4 Å². The highest BCUT2D eigenvalue weighted by molar-refractivity contribution is 7.99. The lowest BCUT2D eigenvalue weighted by atomic mass is 10.1. The second-order valence-electron chi connectivity index (χ2n) is 3.67. The molecule has 100 valence electrons. The minimum atomic E-state index is -0.264. The summed E-state index contributed by atoms with van der Waals surface area (Å²) in [5.74, 6) is 1.41. The summed E-state index contributed by atoms with van der Waals surface area (Å²) in [7, 11) is 1.59. The minimum absolute atomic E-state index is 0.264. The zero-order chi connectivity index (χ0) is 13.7. The van der Waals surface area contributed by atoms with Crippen LogP contribution in [0.1, 0.15) is 0 Å². The first kappa shape index (κ1) is 13.6. The first-order valence-corrected chi connectivity index (χ1v) is 6.67. The first-order chi connectivity index (χ1) is 9.24. The normalized spacial score (nSPS) is 10.4. The number of aromatic nitrogens is 3. The van der Waals surface area contributed by atoms with E-state index < -0.39 is 0 Å². The summed E-state index contributed by atoms with van der Waals surface area (Å²) in [6.07, 6.45) is 0. The Labute approximate surface area is 114 Å². The van der Waals surface area contributed by atoms with Crippen LogP contribution in [-0.2, 0) is 0 Å². The van der Waals surface area contributed by atoms with Gasteiger partial charge in [0.15, 0.2) is 10.9 Å². The SMILES string of the molecule is COc1ccc(-c2nnc(SCCN)[nH]c2=O)cc1. The Morgan fingerprint density at radius 3 is 2.63 bits per heavy atom. The highest BCUT2D eigenvalue weighted by atomic mass is 32.2. The van der Waals surface area contributed by atoms with E-state index in [-0.39, 0.29) is 5.56 Å². The smallest absolute Gasteiger partial charge is 0.278 e.